The summed E-state index contributed by atoms with van der Waals surface area (Å²) in [6, 6.07) is 5.74. The Labute approximate surface area is 154 Å². The Hall–Kier alpha value is -1.78. The molecule has 144 valence electrons. The van der Waals surface area contributed by atoms with Crippen molar-refractivity contribution in [1.82, 2.24) is 14.9 Å². The van der Waals surface area contributed by atoms with Crippen molar-refractivity contribution in [2.45, 2.75) is 49.8 Å². The van der Waals surface area contributed by atoms with Gasteiger partial charge in [0.05, 0.1) is 4.90 Å². The molecule has 10 heteroatoms. The first-order valence-electron chi connectivity index (χ1n) is 8.07. The largest absolute Gasteiger partial charge is 0.411 e. The molecule has 0 amide bonds. The second-order valence-electron chi connectivity index (χ2n) is 6.75. The molecule has 1 atom stereocenters. The normalized spacial score (nSPS) is 14.1. The van der Waals surface area contributed by atoms with E-state index >= 15 is 0 Å². The SMILES string of the molecule is CC(C)c1ccc(S(=O)(=O)N[C@H](c2nnc(S(C)(=O)=O)o2)C(C)C)cc1. The van der Waals surface area contributed by atoms with E-state index in [9.17, 15) is 16.8 Å². The van der Waals surface area contributed by atoms with Crippen LogP contribution >= 0.6 is 0 Å². The van der Waals surface area contributed by atoms with Gasteiger partial charge in [-0.05, 0) is 29.5 Å². The molecule has 0 bridgehead atoms. The molecular formula is C16H23N3O5S2. The molecule has 1 aromatic carbocycles. The summed E-state index contributed by atoms with van der Waals surface area (Å²) in [4.78, 5) is 0.107. The molecule has 0 aliphatic rings. The van der Waals surface area contributed by atoms with Gasteiger partial charge in [0, 0.05) is 6.26 Å². The van der Waals surface area contributed by atoms with Gasteiger partial charge in [-0.15, -0.1) is 5.10 Å². The van der Waals surface area contributed by atoms with Crippen LogP contribution in [0.5, 0.6) is 0 Å². The molecule has 8 nitrogen and oxygen atoms in total. The Bertz CT molecular complexity index is 962. The van der Waals surface area contributed by atoms with E-state index in [-0.39, 0.29) is 22.6 Å². The van der Waals surface area contributed by atoms with Gasteiger partial charge in [0.15, 0.2) is 0 Å². The third-order valence-corrected chi connectivity index (χ3v) is 6.07. The highest BCUT2D eigenvalue weighted by atomic mass is 32.2. The number of hydrogen-bond acceptors (Lipinski definition) is 7. The molecule has 0 saturated heterocycles. The molecule has 0 aliphatic heterocycles. The maximum absolute atomic E-state index is 12.7. The zero-order chi connectivity index (χ0) is 19.7. The number of benzene rings is 1. The van der Waals surface area contributed by atoms with E-state index in [4.69, 9.17) is 4.42 Å². The van der Waals surface area contributed by atoms with Gasteiger partial charge in [-0.1, -0.05) is 44.9 Å². The van der Waals surface area contributed by atoms with Crippen LogP contribution in [0.15, 0.2) is 38.8 Å². The fraction of sp³-hybridized carbons (Fsp3) is 0.500. The molecule has 2 rings (SSSR count). The van der Waals surface area contributed by atoms with Crippen molar-refractivity contribution in [3.05, 3.63) is 35.7 Å². The van der Waals surface area contributed by atoms with Gasteiger partial charge in [0.1, 0.15) is 6.04 Å². The molecule has 1 heterocycles. The molecular weight excluding hydrogens is 378 g/mol. The van der Waals surface area contributed by atoms with Crippen LogP contribution in [-0.2, 0) is 19.9 Å². The minimum absolute atomic E-state index is 0.0946. The smallest absolute Gasteiger partial charge is 0.335 e. The minimum Gasteiger partial charge on any atom is -0.411 e. The molecule has 0 radical (unpaired) electrons. The highest BCUT2D eigenvalue weighted by Crippen LogP contribution is 2.25. The van der Waals surface area contributed by atoms with Gasteiger partial charge in [-0.2, -0.15) is 4.72 Å². The Morgan fingerprint density at radius 1 is 0.962 bits per heavy atom. The lowest BCUT2D eigenvalue weighted by atomic mass is 10.0. The Morgan fingerprint density at radius 2 is 1.54 bits per heavy atom. The van der Waals surface area contributed by atoms with Crippen LogP contribution in [0, 0.1) is 5.92 Å². The highest BCUT2D eigenvalue weighted by molar-refractivity contribution is 7.90. The monoisotopic (exact) mass is 401 g/mol. The summed E-state index contributed by atoms with van der Waals surface area (Å²) in [5, 5.41) is 6.64. The van der Waals surface area contributed by atoms with Crippen molar-refractivity contribution in [3.63, 3.8) is 0 Å². The fourth-order valence-corrected chi connectivity index (χ4v) is 4.00. The molecule has 1 N–H and O–H groups in total. The van der Waals surface area contributed by atoms with Crippen LogP contribution in [0.4, 0.5) is 0 Å². The minimum atomic E-state index is -3.85. The van der Waals surface area contributed by atoms with Crippen LogP contribution in [0.2, 0.25) is 0 Å². The van der Waals surface area contributed by atoms with Gasteiger partial charge in [0.25, 0.3) is 0 Å². The molecule has 2 aromatic rings. The number of aromatic nitrogens is 2. The molecule has 1 aromatic heterocycles. The zero-order valence-corrected chi connectivity index (χ0v) is 16.9. The van der Waals surface area contributed by atoms with Crippen molar-refractivity contribution in [2.24, 2.45) is 5.92 Å². The van der Waals surface area contributed by atoms with Gasteiger partial charge in [0.2, 0.25) is 25.8 Å². The van der Waals surface area contributed by atoms with Crippen molar-refractivity contribution in [2.75, 3.05) is 6.26 Å². The average molecular weight is 402 g/mol. The third kappa shape index (κ3) is 4.68. The number of hydrogen-bond donors (Lipinski definition) is 1. The van der Waals surface area contributed by atoms with Crippen molar-refractivity contribution < 1.29 is 21.3 Å². The summed E-state index contributed by atoms with van der Waals surface area (Å²) in [5.74, 6) is -0.0497. The second kappa shape index (κ2) is 7.45. The van der Waals surface area contributed by atoms with E-state index in [0.717, 1.165) is 11.8 Å². The second-order valence-corrected chi connectivity index (χ2v) is 10.4. The van der Waals surface area contributed by atoms with E-state index in [1.165, 1.54) is 12.1 Å². The topological polar surface area (TPSA) is 119 Å². The molecule has 0 spiro atoms. The Morgan fingerprint density at radius 3 is 1.96 bits per heavy atom. The van der Waals surface area contributed by atoms with E-state index < -0.39 is 31.1 Å². The molecule has 26 heavy (non-hydrogen) atoms. The molecule has 0 unspecified atom stereocenters. The van der Waals surface area contributed by atoms with Crippen LogP contribution in [0.25, 0.3) is 0 Å². The highest BCUT2D eigenvalue weighted by Gasteiger charge is 2.29. The predicted molar refractivity (Wildman–Crippen MR) is 95.8 cm³/mol. The van der Waals surface area contributed by atoms with E-state index in [0.29, 0.717) is 0 Å². The predicted octanol–water partition coefficient (Wildman–Crippen LogP) is 2.27. The van der Waals surface area contributed by atoms with Crippen molar-refractivity contribution in [3.8, 4) is 0 Å². The zero-order valence-electron chi connectivity index (χ0n) is 15.3. The number of sulfone groups is 1. The lowest BCUT2D eigenvalue weighted by Gasteiger charge is -2.19. The van der Waals surface area contributed by atoms with E-state index in [1.54, 1.807) is 26.0 Å². The summed E-state index contributed by atoms with van der Waals surface area (Å²) in [5.41, 5.74) is 1.03. The quantitative estimate of drug-likeness (QED) is 0.756. The summed E-state index contributed by atoms with van der Waals surface area (Å²) in [6.45, 7) is 7.57. The summed E-state index contributed by atoms with van der Waals surface area (Å²) in [6.07, 6.45) is 0.940. The van der Waals surface area contributed by atoms with Gasteiger partial charge in [-0.3, -0.25) is 0 Å². The maximum Gasteiger partial charge on any atom is 0.335 e. The maximum atomic E-state index is 12.7. The average Bonchev–Trinajstić information content (AvgIpc) is 3.02. The molecule has 0 saturated carbocycles. The third-order valence-electron chi connectivity index (χ3n) is 3.81. The fourth-order valence-electron chi connectivity index (χ4n) is 2.23. The lowest BCUT2D eigenvalue weighted by Crippen LogP contribution is -2.32. The van der Waals surface area contributed by atoms with Crippen LogP contribution in [-0.4, -0.2) is 33.3 Å². The van der Waals surface area contributed by atoms with Crippen LogP contribution in [0.1, 0.15) is 51.1 Å². The standard InChI is InChI=1S/C16H23N3O5S2/c1-10(2)12-6-8-13(9-7-12)26(22,23)19-14(11(3)4)15-17-18-16(24-15)25(5,20)21/h6-11,14,19H,1-5H3/t14-/m0/s1. The Kier molecular flexibility index (Phi) is 5.89. The van der Waals surface area contributed by atoms with Crippen LogP contribution < -0.4 is 4.72 Å². The summed E-state index contributed by atoms with van der Waals surface area (Å²) in [7, 11) is -7.52. The van der Waals surface area contributed by atoms with Gasteiger partial charge >= 0.3 is 5.22 Å². The Balaban J connectivity index is 2.32. The molecule has 0 aliphatic carbocycles. The first-order valence-corrected chi connectivity index (χ1v) is 11.4. The number of nitrogens with zero attached hydrogens (tertiary/aromatic N) is 2. The van der Waals surface area contributed by atoms with Gasteiger partial charge < -0.3 is 4.42 Å². The number of nitrogens with one attached hydrogen (secondary N) is 1. The van der Waals surface area contributed by atoms with Crippen molar-refractivity contribution in [1.29, 1.82) is 0 Å². The number of rotatable bonds is 7. The lowest BCUT2D eigenvalue weighted by molar-refractivity contribution is 0.327. The summed E-state index contributed by atoms with van der Waals surface area (Å²) >= 11 is 0. The van der Waals surface area contributed by atoms with Crippen LogP contribution in [0.3, 0.4) is 0 Å². The summed E-state index contributed by atoms with van der Waals surface area (Å²) < 4.78 is 56.1. The van der Waals surface area contributed by atoms with Gasteiger partial charge in [-0.25, -0.2) is 16.8 Å². The first kappa shape index (κ1) is 20.5. The van der Waals surface area contributed by atoms with Crippen molar-refractivity contribution >= 4 is 19.9 Å². The molecule has 0 fully saturated rings. The number of sulfonamides is 1. The van der Waals surface area contributed by atoms with E-state index in [2.05, 4.69) is 14.9 Å². The first-order chi connectivity index (χ1) is 11.9. The van der Waals surface area contributed by atoms with E-state index in [1.807, 2.05) is 13.8 Å².